The molecular weight excluding hydrogens is 300 g/mol. The van der Waals surface area contributed by atoms with Gasteiger partial charge in [0, 0.05) is 26.2 Å². The molecule has 0 spiro atoms. The van der Waals surface area contributed by atoms with Gasteiger partial charge in [0.2, 0.25) is 5.91 Å². The van der Waals surface area contributed by atoms with E-state index < -0.39 is 6.43 Å². The smallest absolute Gasteiger partial charge is 0.251 e. The molecular formula is C17H25F2N3O. The summed E-state index contributed by atoms with van der Waals surface area (Å²) < 4.78 is 24.8. The van der Waals surface area contributed by atoms with Gasteiger partial charge in [-0.25, -0.2) is 8.78 Å². The average molecular weight is 325 g/mol. The lowest BCUT2D eigenvalue weighted by atomic mass is 10.0. The maximum absolute atomic E-state index is 12.8. The number of halogens is 2. The monoisotopic (exact) mass is 325 g/mol. The largest absolute Gasteiger partial charge is 0.339 e. The van der Waals surface area contributed by atoms with Gasteiger partial charge < -0.3 is 4.90 Å². The maximum atomic E-state index is 12.8. The van der Waals surface area contributed by atoms with Crippen molar-refractivity contribution in [3.63, 3.8) is 0 Å². The number of likely N-dealkylation sites (N-methyl/N-ethyl adjacent to an activating group) is 1. The third-order valence-electron chi connectivity index (χ3n) is 4.26. The molecule has 128 valence electrons. The van der Waals surface area contributed by atoms with Gasteiger partial charge in [-0.15, -0.1) is 0 Å². The van der Waals surface area contributed by atoms with E-state index in [0.717, 1.165) is 5.56 Å². The number of carbonyl (C=O) groups excluding carboxylic acids is 1. The van der Waals surface area contributed by atoms with E-state index in [-0.39, 0.29) is 18.5 Å². The summed E-state index contributed by atoms with van der Waals surface area (Å²) in [4.78, 5) is 18.2. The molecule has 0 radical (unpaired) electrons. The molecule has 0 saturated carbocycles. The van der Waals surface area contributed by atoms with Crippen LogP contribution in [-0.4, -0.2) is 79.9 Å². The Bertz CT molecular complexity index is 488. The van der Waals surface area contributed by atoms with Crippen LogP contribution in [0.3, 0.4) is 0 Å². The summed E-state index contributed by atoms with van der Waals surface area (Å²) in [5.74, 6) is 0.0792. The van der Waals surface area contributed by atoms with E-state index in [0.29, 0.717) is 32.6 Å². The number of piperazine rings is 1. The fraction of sp³-hybridized carbons (Fsp3) is 0.588. The molecule has 0 aromatic heterocycles. The summed E-state index contributed by atoms with van der Waals surface area (Å²) in [6.45, 7) is 1.86. The Morgan fingerprint density at radius 3 is 2.26 bits per heavy atom. The molecule has 1 heterocycles. The molecule has 2 rings (SSSR count). The molecule has 4 nitrogen and oxygen atoms in total. The minimum atomic E-state index is -2.31. The van der Waals surface area contributed by atoms with E-state index in [1.54, 1.807) is 9.80 Å². The Balaban J connectivity index is 1.94. The topological polar surface area (TPSA) is 26.8 Å². The number of benzene rings is 1. The van der Waals surface area contributed by atoms with E-state index >= 15 is 0 Å². The fourth-order valence-electron chi connectivity index (χ4n) is 2.88. The Hall–Kier alpha value is -1.53. The SMILES string of the molecule is CN(C)C(Cc1ccccc1)C(=O)N1CCN(CC(F)F)CC1. The van der Waals surface area contributed by atoms with Gasteiger partial charge in [0.25, 0.3) is 6.43 Å². The van der Waals surface area contributed by atoms with Crippen LogP contribution in [0.2, 0.25) is 0 Å². The van der Waals surface area contributed by atoms with Crippen LogP contribution < -0.4 is 0 Å². The van der Waals surface area contributed by atoms with Crippen molar-refractivity contribution in [3.8, 4) is 0 Å². The zero-order chi connectivity index (χ0) is 16.8. The van der Waals surface area contributed by atoms with Crippen molar-refractivity contribution in [1.82, 2.24) is 14.7 Å². The van der Waals surface area contributed by atoms with E-state index in [9.17, 15) is 13.6 Å². The highest BCUT2D eigenvalue weighted by Crippen LogP contribution is 2.12. The van der Waals surface area contributed by atoms with Crippen LogP contribution in [-0.2, 0) is 11.2 Å². The zero-order valence-electron chi connectivity index (χ0n) is 13.8. The highest BCUT2D eigenvalue weighted by atomic mass is 19.3. The van der Waals surface area contributed by atoms with Gasteiger partial charge in [0.1, 0.15) is 0 Å². The van der Waals surface area contributed by atoms with Crippen LogP contribution in [0.1, 0.15) is 5.56 Å². The summed E-state index contributed by atoms with van der Waals surface area (Å²) in [7, 11) is 3.80. The Morgan fingerprint density at radius 2 is 1.74 bits per heavy atom. The van der Waals surface area contributed by atoms with Crippen LogP contribution in [0.4, 0.5) is 8.78 Å². The molecule has 1 fully saturated rings. The van der Waals surface area contributed by atoms with Crippen LogP contribution >= 0.6 is 0 Å². The first-order chi connectivity index (χ1) is 11.0. The van der Waals surface area contributed by atoms with E-state index in [2.05, 4.69) is 0 Å². The van der Waals surface area contributed by atoms with Crippen LogP contribution in [0.5, 0.6) is 0 Å². The molecule has 1 saturated heterocycles. The highest BCUT2D eigenvalue weighted by Gasteiger charge is 2.29. The van der Waals surface area contributed by atoms with Crippen molar-refractivity contribution >= 4 is 5.91 Å². The minimum Gasteiger partial charge on any atom is -0.339 e. The lowest BCUT2D eigenvalue weighted by Gasteiger charge is -2.37. The number of carbonyl (C=O) groups is 1. The number of amides is 1. The first-order valence-electron chi connectivity index (χ1n) is 7.97. The molecule has 0 N–H and O–H groups in total. The quantitative estimate of drug-likeness (QED) is 0.794. The maximum Gasteiger partial charge on any atom is 0.251 e. The standard InChI is InChI=1S/C17H25F2N3O/c1-20(2)15(12-14-6-4-3-5-7-14)17(23)22-10-8-21(9-11-22)13-16(18)19/h3-7,15-16H,8-13H2,1-2H3. The first-order valence-corrected chi connectivity index (χ1v) is 7.97. The van der Waals surface area contributed by atoms with Gasteiger partial charge in [-0.3, -0.25) is 14.6 Å². The second-order valence-electron chi connectivity index (χ2n) is 6.19. The molecule has 1 amide bonds. The third-order valence-corrected chi connectivity index (χ3v) is 4.26. The normalized spacial score (nSPS) is 17.7. The number of hydrogen-bond donors (Lipinski definition) is 0. The number of hydrogen-bond acceptors (Lipinski definition) is 3. The predicted octanol–water partition coefficient (Wildman–Crippen LogP) is 1.57. The summed E-state index contributed by atoms with van der Waals surface area (Å²) in [5, 5.41) is 0. The van der Waals surface area contributed by atoms with Crippen molar-refractivity contribution in [2.45, 2.75) is 18.9 Å². The lowest BCUT2D eigenvalue weighted by Crippen LogP contribution is -2.54. The van der Waals surface area contributed by atoms with Gasteiger partial charge >= 0.3 is 0 Å². The van der Waals surface area contributed by atoms with Crippen LogP contribution in [0.25, 0.3) is 0 Å². The van der Waals surface area contributed by atoms with Crippen molar-refractivity contribution in [3.05, 3.63) is 35.9 Å². The first kappa shape index (κ1) is 17.8. The summed E-state index contributed by atoms with van der Waals surface area (Å²) in [5.41, 5.74) is 1.12. The zero-order valence-corrected chi connectivity index (χ0v) is 13.8. The van der Waals surface area contributed by atoms with Gasteiger partial charge in [0.15, 0.2) is 0 Å². The minimum absolute atomic E-state index is 0.0792. The number of nitrogens with zero attached hydrogens (tertiary/aromatic N) is 3. The summed E-state index contributed by atoms with van der Waals surface area (Å²) >= 11 is 0. The van der Waals surface area contributed by atoms with Gasteiger partial charge in [-0.2, -0.15) is 0 Å². The average Bonchev–Trinajstić information content (AvgIpc) is 2.53. The van der Waals surface area contributed by atoms with E-state index in [1.807, 2.05) is 49.3 Å². The molecule has 1 aromatic carbocycles. The molecule has 0 aliphatic carbocycles. The molecule has 6 heteroatoms. The van der Waals surface area contributed by atoms with Crippen molar-refractivity contribution < 1.29 is 13.6 Å². The molecule has 1 atom stereocenters. The summed E-state index contributed by atoms with van der Waals surface area (Å²) in [6.07, 6.45) is -1.66. The molecule has 0 bridgehead atoms. The van der Waals surface area contributed by atoms with Gasteiger partial charge in [-0.05, 0) is 26.1 Å². The number of rotatable bonds is 6. The molecule has 23 heavy (non-hydrogen) atoms. The third kappa shape index (κ3) is 5.25. The van der Waals surface area contributed by atoms with Gasteiger partial charge in [0.05, 0.1) is 12.6 Å². The van der Waals surface area contributed by atoms with E-state index in [4.69, 9.17) is 0 Å². The van der Waals surface area contributed by atoms with Crippen LogP contribution in [0, 0.1) is 0 Å². The molecule has 1 aromatic rings. The second kappa shape index (κ2) is 8.36. The Kier molecular flexibility index (Phi) is 6.47. The predicted molar refractivity (Wildman–Crippen MR) is 86.6 cm³/mol. The van der Waals surface area contributed by atoms with Crippen molar-refractivity contribution in [2.24, 2.45) is 0 Å². The fourth-order valence-corrected chi connectivity index (χ4v) is 2.88. The summed E-state index contributed by atoms with van der Waals surface area (Å²) in [6, 6.07) is 9.71. The highest BCUT2D eigenvalue weighted by molar-refractivity contribution is 5.82. The van der Waals surface area contributed by atoms with E-state index in [1.165, 1.54) is 0 Å². The number of alkyl halides is 2. The lowest BCUT2D eigenvalue weighted by molar-refractivity contribution is -0.138. The van der Waals surface area contributed by atoms with Crippen molar-refractivity contribution in [2.75, 3.05) is 46.8 Å². The molecule has 1 aliphatic rings. The van der Waals surface area contributed by atoms with Crippen molar-refractivity contribution in [1.29, 1.82) is 0 Å². The molecule has 1 unspecified atom stereocenters. The van der Waals surface area contributed by atoms with Gasteiger partial charge in [-0.1, -0.05) is 30.3 Å². The Morgan fingerprint density at radius 1 is 1.13 bits per heavy atom. The van der Waals surface area contributed by atoms with Crippen LogP contribution in [0.15, 0.2) is 30.3 Å². The Labute approximate surface area is 136 Å². The molecule has 1 aliphatic heterocycles. The second-order valence-corrected chi connectivity index (χ2v) is 6.19.